The predicted octanol–water partition coefficient (Wildman–Crippen LogP) is 3.24. The average Bonchev–Trinajstić information content (AvgIpc) is 2.72. The summed E-state index contributed by atoms with van der Waals surface area (Å²) in [5, 5.41) is 10.2. The molecule has 0 aliphatic rings. The Morgan fingerprint density at radius 1 is 1.00 bits per heavy atom. The van der Waals surface area contributed by atoms with E-state index in [1.54, 1.807) is 19.2 Å². The van der Waals surface area contributed by atoms with Crippen LogP contribution in [0.25, 0.3) is 11.3 Å². The van der Waals surface area contributed by atoms with Crippen molar-refractivity contribution in [3.63, 3.8) is 0 Å². The van der Waals surface area contributed by atoms with Gasteiger partial charge in [0.1, 0.15) is 5.56 Å². The Morgan fingerprint density at radius 2 is 1.63 bits per heavy atom. The van der Waals surface area contributed by atoms with Crippen LogP contribution in [-0.2, 0) is 0 Å². The second kappa shape index (κ2) is 8.47. The number of aromatic amines is 1. The molecule has 0 bridgehead atoms. The lowest BCUT2D eigenvalue weighted by atomic mass is 10.1. The highest BCUT2D eigenvalue weighted by atomic mass is 16.3. The van der Waals surface area contributed by atoms with Gasteiger partial charge < -0.3 is 15.0 Å². The Hall–Kier alpha value is -3.18. The van der Waals surface area contributed by atoms with Gasteiger partial charge in [-0.3, -0.25) is 9.59 Å². The Morgan fingerprint density at radius 3 is 2.26 bits per heavy atom. The van der Waals surface area contributed by atoms with E-state index >= 15 is 0 Å². The first-order valence-corrected chi connectivity index (χ1v) is 8.83. The van der Waals surface area contributed by atoms with Crippen molar-refractivity contribution in [3.05, 3.63) is 94.3 Å². The van der Waals surface area contributed by atoms with Gasteiger partial charge in [0, 0.05) is 19.3 Å². The van der Waals surface area contributed by atoms with E-state index in [9.17, 15) is 14.7 Å². The monoisotopic (exact) mass is 362 g/mol. The lowest BCUT2D eigenvalue weighted by Gasteiger charge is -2.19. The highest BCUT2D eigenvalue weighted by Gasteiger charge is 2.17. The summed E-state index contributed by atoms with van der Waals surface area (Å²) in [7, 11) is 1.63. The minimum Gasteiger partial charge on any atom is -0.388 e. The van der Waals surface area contributed by atoms with Crippen LogP contribution in [0.15, 0.2) is 77.6 Å². The molecule has 0 aliphatic carbocycles. The molecule has 27 heavy (non-hydrogen) atoms. The molecule has 1 atom stereocenters. The number of aliphatic hydroxyl groups is 1. The van der Waals surface area contributed by atoms with Crippen LogP contribution in [0.2, 0.25) is 0 Å². The fourth-order valence-electron chi connectivity index (χ4n) is 2.89. The van der Waals surface area contributed by atoms with Crippen LogP contribution >= 0.6 is 0 Å². The molecule has 0 saturated heterocycles. The molecule has 0 radical (unpaired) electrons. The van der Waals surface area contributed by atoms with Crippen molar-refractivity contribution in [1.82, 2.24) is 9.88 Å². The summed E-state index contributed by atoms with van der Waals surface area (Å²) in [4.78, 5) is 29.2. The normalized spacial score (nSPS) is 11.8. The van der Waals surface area contributed by atoms with E-state index in [1.807, 2.05) is 60.7 Å². The fourth-order valence-corrected chi connectivity index (χ4v) is 2.89. The molecular formula is C22H22N2O3. The molecule has 0 saturated carbocycles. The van der Waals surface area contributed by atoms with E-state index in [2.05, 4.69) is 4.98 Å². The van der Waals surface area contributed by atoms with Crippen LogP contribution in [0.4, 0.5) is 0 Å². The first-order valence-electron chi connectivity index (χ1n) is 8.83. The van der Waals surface area contributed by atoms with Crippen LogP contribution in [0.5, 0.6) is 0 Å². The van der Waals surface area contributed by atoms with Gasteiger partial charge in [-0.2, -0.15) is 0 Å². The molecule has 2 N–H and O–H groups in total. The number of pyridine rings is 1. The van der Waals surface area contributed by atoms with Crippen molar-refractivity contribution in [2.45, 2.75) is 12.5 Å². The smallest absolute Gasteiger partial charge is 0.261 e. The van der Waals surface area contributed by atoms with Crippen molar-refractivity contribution >= 4 is 5.91 Å². The molecule has 5 heteroatoms. The average molecular weight is 362 g/mol. The third-order valence-corrected chi connectivity index (χ3v) is 4.49. The Labute approximate surface area is 157 Å². The van der Waals surface area contributed by atoms with Gasteiger partial charge in [-0.15, -0.1) is 0 Å². The quantitative estimate of drug-likeness (QED) is 0.707. The number of hydrogen-bond donors (Lipinski definition) is 2. The molecule has 138 valence electrons. The summed E-state index contributed by atoms with van der Waals surface area (Å²) in [6.07, 6.45) is -0.258. The molecule has 1 aromatic heterocycles. The number of aliphatic hydroxyl groups excluding tert-OH is 1. The van der Waals surface area contributed by atoms with E-state index < -0.39 is 11.7 Å². The third-order valence-electron chi connectivity index (χ3n) is 4.49. The number of aromatic nitrogens is 1. The zero-order valence-electron chi connectivity index (χ0n) is 15.1. The maximum Gasteiger partial charge on any atom is 0.261 e. The van der Waals surface area contributed by atoms with Crippen molar-refractivity contribution in [3.8, 4) is 11.3 Å². The second-order valence-electron chi connectivity index (χ2n) is 6.42. The molecule has 5 nitrogen and oxygen atoms in total. The van der Waals surface area contributed by atoms with Crippen LogP contribution in [-0.4, -0.2) is 34.5 Å². The number of hydrogen-bond acceptors (Lipinski definition) is 3. The molecule has 0 spiro atoms. The number of nitrogens with zero attached hydrogens (tertiary/aromatic N) is 1. The molecule has 0 fully saturated rings. The fraction of sp³-hybridized carbons (Fsp3) is 0.182. The van der Waals surface area contributed by atoms with Crippen LogP contribution in [0, 0.1) is 0 Å². The Balaban J connectivity index is 1.67. The number of carbonyl (C=O) groups excluding carboxylic acids is 1. The van der Waals surface area contributed by atoms with Crippen LogP contribution < -0.4 is 5.56 Å². The summed E-state index contributed by atoms with van der Waals surface area (Å²) < 4.78 is 0. The SMILES string of the molecule is CN(CC[C@@H](O)c1ccccc1)C(=O)c1ccc(-c2ccccc2)[nH]c1=O. The Bertz CT molecular complexity index is 952. The number of carbonyl (C=O) groups is 1. The highest BCUT2D eigenvalue weighted by molar-refractivity contribution is 5.93. The predicted molar refractivity (Wildman–Crippen MR) is 105 cm³/mol. The number of rotatable bonds is 6. The highest BCUT2D eigenvalue weighted by Crippen LogP contribution is 2.17. The first-order chi connectivity index (χ1) is 13.1. The summed E-state index contributed by atoms with van der Waals surface area (Å²) in [5.41, 5.74) is 2.03. The van der Waals surface area contributed by atoms with Gasteiger partial charge in [0.15, 0.2) is 0 Å². The van der Waals surface area contributed by atoms with Gasteiger partial charge in [0.2, 0.25) is 0 Å². The van der Waals surface area contributed by atoms with Gasteiger partial charge in [-0.25, -0.2) is 0 Å². The summed E-state index contributed by atoms with van der Waals surface area (Å²) in [5.74, 6) is -0.365. The van der Waals surface area contributed by atoms with Crippen LogP contribution in [0.3, 0.4) is 0 Å². The zero-order chi connectivity index (χ0) is 19.2. The van der Waals surface area contributed by atoms with E-state index in [0.717, 1.165) is 11.1 Å². The van der Waals surface area contributed by atoms with Crippen molar-refractivity contribution in [2.75, 3.05) is 13.6 Å². The topological polar surface area (TPSA) is 73.4 Å². The van der Waals surface area contributed by atoms with Gasteiger partial charge in [0.05, 0.1) is 6.10 Å². The van der Waals surface area contributed by atoms with Gasteiger partial charge >= 0.3 is 0 Å². The maximum atomic E-state index is 12.6. The zero-order valence-corrected chi connectivity index (χ0v) is 15.1. The van der Waals surface area contributed by atoms with Gasteiger partial charge in [-0.05, 0) is 29.7 Å². The lowest BCUT2D eigenvalue weighted by Crippen LogP contribution is -2.33. The van der Waals surface area contributed by atoms with Crippen molar-refractivity contribution in [2.24, 2.45) is 0 Å². The number of benzene rings is 2. The molecule has 1 amide bonds. The van der Waals surface area contributed by atoms with Crippen molar-refractivity contribution < 1.29 is 9.90 Å². The van der Waals surface area contributed by atoms with E-state index in [4.69, 9.17) is 0 Å². The van der Waals surface area contributed by atoms with E-state index in [-0.39, 0.29) is 11.5 Å². The number of H-pyrrole nitrogens is 1. The molecule has 3 aromatic rings. The lowest BCUT2D eigenvalue weighted by molar-refractivity contribution is 0.0759. The summed E-state index contributed by atoms with van der Waals surface area (Å²) >= 11 is 0. The molecule has 1 heterocycles. The maximum absolute atomic E-state index is 12.6. The van der Waals surface area contributed by atoms with E-state index in [1.165, 1.54) is 4.90 Å². The second-order valence-corrected chi connectivity index (χ2v) is 6.42. The molecule has 2 aromatic carbocycles. The van der Waals surface area contributed by atoms with Crippen molar-refractivity contribution in [1.29, 1.82) is 0 Å². The molecular weight excluding hydrogens is 340 g/mol. The minimum atomic E-state index is -0.653. The standard InChI is InChI=1S/C22H22N2O3/c1-24(15-14-20(25)17-10-6-3-7-11-17)22(27)18-12-13-19(23-21(18)26)16-8-4-2-5-9-16/h2-13,20,25H,14-15H2,1H3,(H,23,26)/t20-/m1/s1. The van der Waals surface area contributed by atoms with E-state index in [0.29, 0.717) is 18.7 Å². The summed E-state index contributed by atoms with van der Waals surface area (Å²) in [6, 6.07) is 22.0. The molecule has 0 aliphatic heterocycles. The van der Waals surface area contributed by atoms with Gasteiger partial charge in [-0.1, -0.05) is 60.7 Å². The molecule has 0 unspecified atom stereocenters. The first kappa shape index (κ1) is 18.6. The Kier molecular flexibility index (Phi) is 5.84. The minimum absolute atomic E-state index is 0.0892. The van der Waals surface area contributed by atoms with Crippen LogP contribution in [0.1, 0.15) is 28.4 Å². The summed E-state index contributed by atoms with van der Waals surface area (Å²) in [6.45, 7) is 0.342. The number of amides is 1. The van der Waals surface area contributed by atoms with Gasteiger partial charge in [0.25, 0.3) is 11.5 Å². The number of nitrogens with one attached hydrogen (secondary N) is 1. The largest absolute Gasteiger partial charge is 0.388 e. The molecule has 3 rings (SSSR count). The third kappa shape index (κ3) is 4.51.